The molecule has 2 aromatic rings. The average Bonchev–Trinajstić information content (AvgIpc) is 2.58. The number of aromatic amines is 2. The predicted octanol–water partition coefficient (Wildman–Crippen LogP) is 2.49. The number of piperidine rings is 1. The summed E-state index contributed by atoms with van der Waals surface area (Å²) in [5, 5.41) is 0. The molecule has 0 amide bonds. The van der Waals surface area contributed by atoms with Gasteiger partial charge < -0.3 is 4.98 Å². The van der Waals surface area contributed by atoms with Crippen LogP contribution in [0.25, 0.3) is 0 Å². The summed E-state index contributed by atoms with van der Waals surface area (Å²) >= 11 is 0. The number of aryl methyl sites for hydroxylation is 2. The second kappa shape index (κ2) is 7.95. The molecule has 0 saturated carbocycles. The summed E-state index contributed by atoms with van der Waals surface area (Å²) in [6.45, 7) is 3.92. The van der Waals surface area contributed by atoms with E-state index in [2.05, 4.69) is 14.9 Å². The molecule has 140 valence electrons. The van der Waals surface area contributed by atoms with Gasteiger partial charge in [0, 0.05) is 24.8 Å². The maximum absolute atomic E-state index is 13.8. The van der Waals surface area contributed by atoms with Gasteiger partial charge in [-0.1, -0.05) is 6.07 Å². The minimum atomic E-state index is -0.559. The molecule has 3 rings (SSSR count). The molecular weight excluding hydrogens is 340 g/mol. The Balaban J connectivity index is 1.61. The van der Waals surface area contributed by atoms with E-state index in [4.69, 9.17) is 0 Å². The van der Waals surface area contributed by atoms with Crippen LogP contribution in [-0.4, -0.2) is 28.0 Å². The van der Waals surface area contributed by atoms with E-state index in [-0.39, 0.29) is 5.56 Å². The molecule has 0 spiro atoms. The monoisotopic (exact) mass is 363 g/mol. The first-order chi connectivity index (χ1) is 12.4. The van der Waals surface area contributed by atoms with Crippen molar-refractivity contribution in [3.63, 3.8) is 0 Å². The average molecular weight is 363 g/mol. The Kier molecular flexibility index (Phi) is 5.66. The van der Waals surface area contributed by atoms with Crippen LogP contribution < -0.4 is 11.2 Å². The number of nitrogens with zero attached hydrogens (tertiary/aromatic N) is 1. The van der Waals surface area contributed by atoms with Crippen LogP contribution >= 0.6 is 0 Å². The maximum Gasteiger partial charge on any atom is 0.325 e. The first-order valence-corrected chi connectivity index (χ1v) is 8.90. The van der Waals surface area contributed by atoms with E-state index in [1.807, 2.05) is 0 Å². The third kappa shape index (κ3) is 4.46. The highest BCUT2D eigenvalue weighted by molar-refractivity contribution is 5.19. The fourth-order valence-corrected chi connectivity index (χ4v) is 3.65. The molecule has 1 unspecified atom stereocenters. The standard InChI is InChI=1S/C19H23F2N3O2/c1-12-16(18(25)23-19(26)22-12)11-24-8-2-3-13(10-24)4-5-14-6-7-15(20)9-17(14)21/h6-7,9,13H,2-5,8,10-11H2,1H3,(H2,22,23,25,26). The first kappa shape index (κ1) is 18.5. The zero-order valence-corrected chi connectivity index (χ0v) is 14.8. The Morgan fingerprint density at radius 2 is 2.04 bits per heavy atom. The van der Waals surface area contributed by atoms with Gasteiger partial charge in [-0.3, -0.25) is 14.7 Å². The van der Waals surface area contributed by atoms with Crippen LogP contribution in [0.3, 0.4) is 0 Å². The molecule has 1 atom stereocenters. The van der Waals surface area contributed by atoms with Crippen molar-refractivity contribution >= 4 is 0 Å². The summed E-state index contributed by atoms with van der Waals surface area (Å²) in [4.78, 5) is 30.4. The summed E-state index contributed by atoms with van der Waals surface area (Å²) in [7, 11) is 0. The molecule has 7 heteroatoms. The number of hydrogen-bond acceptors (Lipinski definition) is 3. The minimum Gasteiger partial charge on any atom is -0.311 e. The number of aromatic nitrogens is 2. The molecule has 0 bridgehead atoms. The molecule has 0 aliphatic carbocycles. The Morgan fingerprint density at radius 1 is 1.23 bits per heavy atom. The molecule has 1 aliphatic heterocycles. The fraction of sp³-hybridized carbons (Fsp3) is 0.474. The van der Waals surface area contributed by atoms with E-state index in [0.717, 1.165) is 38.4 Å². The fourth-order valence-electron chi connectivity index (χ4n) is 3.65. The van der Waals surface area contributed by atoms with Crippen LogP contribution in [-0.2, 0) is 13.0 Å². The minimum absolute atomic E-state index is 0.346. The van der Waals surface area contributed by atoms with Crippen molar-refractivity contribution < 1.29 is 8.78 Å². The molecule has 1 aromatic heterocycles. The predicted molar refractivity (Wildman–Crippen MR) is 95.1 cm³/mol. The van der Waals surface area contributed by atoms with Crippen molar-refractivity contribution in [2.45, 2.75) is 39.2 Å². The molecule has 1 fully saturated rings. The molecule has 1 saturated heterocycles. The smallest absolute Gasteiger partial charge is 0.311 e. The highest BCUT2D eigenvalue weighted by Gasteiger charge is 2.22. The number of hydrogen-bond donors (Lipinski definition) is 2. The lowest BCUT2D eigenvalue weighted by atomic mass is 9.91. The van der Waals surface area contributed by atoms with Gasteiger partial charge in [0.2, 0.25) is 0 Å². The molecular formula is C19H23F2N3O2. The number of H-pyrrole nitrogens is 2. The maximum atomic E-state index is 13.8. The molecule has 5 nitrogen and oxygen atoms in total. The lowest BCUT2D eigenvalue weighted by molar-refractivity contribution is 0.160. The summed E-state index contributed by atoms with van der Waals surface area (Å²) in [6.07, 6.45) is 3.46. The van der Waals surface area contributed by atoms with E-state index in [0.29, 0.717) is 35.7 Å². The van der Waals surface area contributed by atoms with Gasteiger partial charge in [-0.25, -0.2) is 13.6 Å². The van der Waals surface area contributed by atoms with Crippen molar-refractivity contribution in [2.24, 2.45) is 5.92 Å². The second-order valence-corrected chi connectivity index (χ2v) is 7.03. The lowest BCUT2D eigenvalue weighted by Crippen LogP contribution is -2.38. The summed E-state index contributed by atoms with van der Waals surface area (Å²) in [6, 6.07) is 3.72. The Bertz CT molecular complexity index is 891. The van der Waals surface area contributed by atoms with Gasteiger partial charge in [-0.05, 0) is 56.7 Å². The van der Waals surface area contributed by atoms with Crippen molar-refractivity contribution in [2.75, 3.05) is 13.1 Å². The SMILES string of the molecule is Cc1[nH]c(=O)[nH]c(=O)c1CN1CCCC(CCc2ccc(F)cc2F)C1. The van der Waals surface area contributed by atoms with Crippen molar-refractivity contribution in [1.29, 1.82) is 0 Å². The summed E-state index contributed by atoms with van der Waals surface area (Å²) in [5.41, 5.74) is 0.872. The van der Waals surface area contributed by atoms with Crippen LogP contribution in [0.1, 0.15) is 36.1 Å². The lowest BCUT2D eigenvalue weighted by Gasteiger charge is -2.32. The number of likely N-dealkylation sites (tertiary alicyclic amines) is 1. The number of rotatable bonds is 5. The molecule has 1 aromatic carbocycles. The number of nitrogens with one attached hydrogen (secondary N) is 2. The van der Waals surface area contributed by atoms with Crippen LogP contribution in [0, 0.1) is 24.5 Å². The normalized spacial score (nSPS) is 18.2. The summed E-state index contributed by atoms with van der Waals surface area (Å²) < 4.78 is 26.8. The van der Waals surface area contributed by atoms with Crippen LogP contribution in [0.4, 0.5) is 8.78 Å². The zero-order chi connectivity index (χ0) is 18.7. The van der Waals surface area contributed by atoms with Crippen molar-refractivity contribution in [3.8, 4) is 0 Å². The van der Waals surface area contributed by atoms with Crippen molar-refractivity contribution in [1.82, 2.24) is 14.9 Å². The molecule has 2 heterocycles. The van der Waals surface area contributed by atoms with Crippen molar-refractivity contribution in [3.05, 3.63) is 67.5 Å². The van der Waals surface area contributed by atoms with Crippen LogP contribution in [0.2, 0.25) is 0 Å². The Hall–Kier alpha value is -2.28. The van der Waals surface area contributed by atoms with Crippen LogP contribution in [0.15, 0.2) is 27.8 Å². The Morgan fingerprint density at radius 3 is 2.77 bits per heavy atom. The van der Waals surface area contributed by atoms with Gasteiger partial charge >= 0.3 is 5.69 Å². The second-order valence-electron chi connectivity index (χ2n) is 7.03. The molecule has 0 radical (unpaired) electrons. The molecule has 2 N–H and O–H groups in total. The van der Waals surface area contributed by atoms with E-state index in [9.17, 15) is 18.4 Å². The van der Waals surface area contributed by atoms with Gasteiger partial charge in [0.1, 0.15) is 11.6 Å². The van der Waals surface area contributed by atoms with Gasteiger partial charge in [0.25, 0.3) is 5.56 Å². The van der Waals surface area contributed by atoms with E-state index >= 15 is 0 Å². The van der Waals surface area contributed by atoms with Gasteiger partial charge in [0.05, 0.1) is 5.56 Å². The third-order valence-corrected chi connectivity index (χ3v) is 5.08. The van der Waals surface area contributed by atoms with E-state index < -0.39 is 17.3 Å². The summed E-state index contributed by atoms with van der Waals surface area (Å²) in [5.74, 6) is -0.653. The van der Waals surface area contributed by atoms with Gasteiger partial charge in [-0.2, -0.15) is 0 Å². The Labute approximate surface area is 150 Å². The zero-order valence-electron chi connectivity index (χ0n) is 14.8. The van der Waals surface area contributed by atoms with E-state index in [1.165, 1.54) is 12.1 Å². The van der Waals surface area contributed by atoms with E-state index in [1.54, 1.807) is 6.92 Å². The molecule has 26 heavy (non-hydrogen) atoms. The number of halogens is 2. The highest BCUT2D eigenvalue weighted by atomic mass is 19.1. The topological polar surface area (TPSA) is 69.0 Å². The third-order valence-electron chi connectivity index (χ3n) is 5.08. The quantitative estimate of drug-likeness (QED) is 0.858. The van der Waals surface area contributed by atoms with Gasteiger partial charge in [0.15, 0.2) is 0 Å². The van der Waals surface area contributed by atoms with Gasteiger partial charge in [-0.15, -0.1) is 0 Å². The largest absolute Gasteiger partial charge is 0.325 e. The van der Waals surface area contributed by atoms with Crippen LogP contribution in [0.5, 0.6) is 0 Å². The first-order valence-electron chi connectivity index (χ1n) is 8.90. The highest BCUT2D eigenvalue weighted by Crippen LogP contribution is 2.23. The molecule has 1 aliphatic rings. The number of benzene rings is 1.